The van der Waals surface area contributed by atoms with Crippen LogP contribution in [0.4, 0.5) is 0 Å². The molecule has 1 saturated heterocycles. The SMILES string of the molecule is C=CC1CC(CC(C)C)OC1CC(C)C. The van der Waals surface area contributed by atoms with Crippen LogP contribution in [0, 0.1) is 17.8 Å². The zero-order chi connectivity index (χ0) is 11.4. The Hall–Kier alpha value is -0.300. The lowest BCUT2D eigenvalue weighted by Crippen LogP contribution is -2.17. The van der Waals surface area contributed by atoms with Crippen LogP contribution in [0.1, 0.15) is 47.0 Å². The summed E-state index contributed by atoms with van der Waals surface area (Å²) in [6.07, 6.45) is 6.53. The van der Waals surface area contributed by atoms with E-state index in [2.05, 4.69) is 40.3 Å². The highest BCUT2D eigenvalue weighted by Crippen LogP contribution is 2.33. The minimum atomic E-state index is 0.422. The van der Waals surface area contributed by atoms with Gasteiger partial charge in [-0.3, -0.25) is 0 Å². The van der Waals surface area contributed by atoms with Gasteiger partial charge < -0.3 is 4.74 Å². The van der Waals surface area contributed by atoms with Gasteiger partial charge in [-0.05, 0) is 31.1 Å². The zero-order valence-corrected chi connectivity index (χ0v) is 10.7. The van der Waals surface area contributed by atoms with Crippen LogP contribution in [0.3, 0.4) is 0 Å². The lowest BCUT2D eigenvalue weighted by molar-refractivity contribution is 0.0177. The van der Waals surface area contributed by atoms with E-state index in [0.29, 0.717) is 18.1 Å². The van der Waals surface area contributed by atoms with Crippen molar-refractivity contribution in [3.05, 3.63) is 12.7 Å². The van der Waals surface area contributed by atoms with Crippen molar-refractivity contribution >= 4 is 0 Å². The Morgan fingerprint density at radius 3 is 2.27 bits per heavy atom. The van der Waals surface area contributed by atoms with Gasteiger partial charge in [0.15, 0.2) is 0 Å². The maximum atomic E-state index is 6.12. The Labute approximate surface area is 94.9 Å². The molecule has 0 saturated carbocycles. The first-order chi connectivity index (χ1) is 7.02. The Balaban J connectivity index is 2.47. The molecule has 0 aromatic heterocycles. The quantitative estimate of drug-likeness (QED) is 0.622. The first-order valence-electron chi connectivity index (χ1n) is 6.31. The third-order valence-electron chi connectivity index (χ3n) is 3.12. The number of ether oxygens (including phenoxy) is 1. The first-order valence-corrected chi connectivity index (χ1v) is 6.31. The summed E-state index contributed by atoms with van der Waals surface area (Å²) in [6.45, 7) is 13.0. The molecular formula is C14H26O. The lowest BCUT2D eigenvalue weighted by Gasteiger charge is -2.18. The number of hydrogen-bond donors (Lipinski definition) is 0. The van der Waals surface area contributed by atoms with E-state index in [-0.39, 0.29) is 0 Å². The van der Waals surface area contributed by atoms with Crippen LogP contribution in [0.5, 0.6) is 0 Å². The van der Waals surface area contributed by atoms with Gasteiger partial charge in [0.1, 0.15) is 0 Å². The first kappa shape index (κ1) is 12.8. The minimum Gasteiger partial charge on any atom is -0.374 e. The van der Waals surface area contributed by atoms with Gasteiger partial charge in [-0.25, -0.2) is 0 Å². The van der Waals surface area contributed by atoms with Gasteiger partial charge in [0, 0.05) is 5.92 Å². The van der Waals surface area contributed by atoms with Crippen LogP contribution in [0.2, 0.25) is 0 Å². The maximum Gasteiger partial charge on any atom is 0.0644 e. The average Bonchev–Trinajstić information content (AvgIpc) is 2.45. The van der Waals surface area contributed by atoms with Gasteiger partial charge in [0.05, 0.1) is 12.2 Å². The summed E-state index contributed by atoms with van der Waals surface area (Å²) in [5.74, 6) is 2.03. The summed E-state index contributed by atoms with van der Waals surface area (Å²) in [4.78, 5) is 0. The zero-order valence-electron chi connectivity index (χ0n) is 10.7. The van der Waals surface area contributed by atoms with E-state index in [4.69, 9.17) is 4.74 Å². The van der Waals surface area contributed by atoms with Crippen LogP contribution >= 0.6 is 0 Å². The van der Waals surface area contributed by atoms with Crippen molar-refractivity contribution in [1.29, 1.82) is 0 Å². The molecule has 1 heteroatoms. The second kappa shape index (κ2) is 5.69. The molecular weight excluding hydrogens is 184 g/mol. The lowest BCUT2D eigenvalue weighted by atomic mass is 9.92. The van der Waals surface area contributed by atoms with Crippen molar-refractivity contribution in [1.82, 2.24) is 0 Å². The summed E-state index contributed by atoms with van der Waals surface area (Å²) >= 11 is 0. The van der Waals surface area contributed by atoms with Gasteiger partial charge in [-0.15, -0.1) is 6.58 Å². The molecule has 0 spiro atoms. The molecule has 1 nitrogen and oxygen atoms in total. The fourth-order valence-electron chi connectivity index (χ4n) is 2.48. The third-order valence-corrected chi connectivity index (χ3v) is 3.12. The largest absolute Gasteiger partial charge is 0.374 e. The van der Waals surface area contributed by atoms with Crippen molar-refractivity contribution in [2.45, 2.75) is 59.2 Å². The molecule has 1 rings (SSSR count). The van der Waals surface area contributed by atoms with E-state index >= 15 is 0 Å². The third kappa shape index (κ3) is 3.98. The summed E-state index contributed by atoms with van der Waals surface area (Å²) in [7, 11) is 0. The molecule has 0 radical (unpaired) electrons. The number of rotatable bonds is 5. The molecule has 0 aliphatic carbocycles. The highest BCUT2D eigenvalue weighted by atomic mass is 16.5. The Bertz CT molecular complexity index is 196. The summed E-state index contributed by atoms with van der Waals surface area (Å²) in [6, 6.07) is 0. The molecule has 1 aliphatic heterocycles. The van der Waals surface area contributed by atoms with E-state index < -0.39 is 0 Å². The predicted octanol–water partition coefficient (Wildman–Crippen LogP) is 4.04. The molecule has 1 aliphatic rings. The van der Waals surface area contributed by atoms with Gasteiger partial charge in [0.2, 0.25) is 0 Å². The van der Waals surface area contributed by atoms with E-state index in [0.717, 1.165) is 11.8 Å². The average molecular weight is 210 g/mol. The Morgan fingerprint density at radius 1 is 1.20 bits per heavy atom. The van der Waals surface area contributed by atoms with E-state index in [9.17, 15) is 0 Å². The maximum absolute atomic E-state index is 6.12. The molecule has 0 amide bonds. The van der Waals surface area contributed by atoms with Crippen molar-refractivity contribution in [2.75, 3.05) is 0 Å². The predicted molar refractivity (Wildman–Crippen MR) is 65.9 cm³/mol. The van der Waals surface area contributed by atoms with Gasteiger partial charge >= 0.3 is 0 Å². The van der Waals surface area contributed by atoms with Crippen LogP contribution in [0.15, 0.2) is 12.7 Å². The van der Waals surface area contributed by atoms with Crippen LogP contribution in [-0.2, 0) is 4.74 Å². The summed E-state index contributed by atoms with van der Waals surface area (Å²) in [5, 5.41) is 0. The minimum absolute atomic E-state index is 0.422. The Morgan fingerprint density at radius 2 is 1.80 bits per heavy atom. The van der Waals surface area contributed by atoms with Crippen molar-refractivity contribution in [3.8, 4) is 0 Å². The second-order valence-electron chi connectivity index (χ2n) is 5.69. The molecule has 3 unspecified atom stereocenters. The van der Waals surface area contributed by atoms with Crippen LogP contribution in [0.25, 0.3) is 0 Å². The topological polar surface area (TPSA) is 9.23 Å². The molecule has 0 N–H and O–H groups in total. The summed E-state index contributed by atoms with van der Waals surface area (Å²) < 4.78 is 6.12. The normalized spacial score (nSPS) is 31.5. The van der Waals surface area contributed by atoms with Crippen molar-refractivity contribution in [2.24, 2.45) is 17.8 Å². The molecule has 1 fully saturated rings. The standard InChI is InChI=1S/C14H26O/c1-6-12-9-13(7-10(2)3)15-14(12)8-11(4)5/h6,10-14H,1,7-9H2,2-5H3. The molecule has 0 aromatic rings. The molecule has 1 heterocycles. The van der Waals surface area contributed by atoms with Crippen molar-refractivity contribution < 1.29 is 4.74 Å². The van der Waals surface area contributed by atoms with Gasteiger partial charge in [-0.1, -0.05) is 33.8 Å². The molecule has 15 heavy (non-hydrogen) atoms. The van der Waals surface area contributed by atoms with E-state index in [1.54, 1.807) is 0 Å². The number of hydrogen-bond acceptors (Lipinski definition) is 1. The van der Waals surface area contributed by atoms with E-state index in [1.165, 1.54) is 19.3 Å². The van der Waals surface area contributed by atoms with Gasteiger partial charge in [0.25, 0.3) is 0 Å². The van der Waals surface area contributed by atoms with Crippen LogP contribution in [-0.4, -0.2) is 12.2 Å². The fourth-order valence-corrected chi connectivity index (χ4v) is 2.48. The smallest absolute Gasteiger partial charge is 0.0644 e. The van der Waals surface area contributed by atoms with E-state index in [1.807, 2.05) is 0 Å². The van der Waals surface area contributed by atoms with Gasteiger partial charge in [-0.2, -0.15) is 0 Å². The molecule has 3 atom stereocenters. The monoisotopic (exact) mass is 210 g/mol. The Kier molecular flexibility index (Phi) is 4.85. The van der Waals surface area contributed by atoms with Crippen LogP contribution < -0.4 is 0 Å². The molecule has 88 valence electrons. The highest BCUT2D eigenvalue weighted by Gasteiger charge is 2.33. The molecule has 0 aromatic carbocycles. The summed E-state index contributed by atoms with van der Waals surface area (Å²) in [5.41, 5.74) is 0. The highest BCUT2D eigenvalue weighted by molar-refractivity contribution is 4.93. The second-order valence-corrected chi connectivity index (χ2v) is 5.69. The van der Waals surface area contributed by atoms with Crippen molar-refractivity contribution in [3.63, 3.8) is 0 Å². The molecule has 0 bridgehead atoms. The fraction of sp³-hybridized carbons (Fsp3) is 0.857.